The van der Waals surface area contributed by atoms with Crippen molar-refractivity contribution < 1.29 is 9.53 Å². The summed E-state index contributed by atoms with van der Waals surface area (Å²) in [7, 11) is 1.88. The third kappa shape index (κ3) is 4.33. The number of carbonyl (C=O) groups is 1. The Morgan fingerprint density at radius 1 is 1.56 bits per heavy atom. The van der Waals surface area contributed by atoms with Crippen molar-refractivity contribution in [2.75, 3.05) is 6.54 Å². The van der Waals surface area contributed by atoms with E-state index in [2.05, 4.69) is 10.4 Å². The second-order valence-electron chi connectivity index (χ2n) is 4.62. The van der Waals surface area contributed by atoms with Crippen molar-refractivity contribution in [2.45, 2.75) is 32.8 Å². The molecule has 0 radical (unpaired) electrons. The summed E-state index contributed by atoms with van der Waals surface area (Å²) < 4.78 is 6.90. The van der Waals surface area contributed by atoms with Gasteiger partial charge in [0.25, 0.3) is 0 Å². The first-order valence-corrected chi connectivity index (χ1v) is 5.32. The number of rotatable bonds is 3. The van der Waals surface area contributed by atoms with Gasteiger partial charge in [0.15, 0.2) is 0 Å². The minimum absolute atomic E-state index is 0.380. The maximum atomic E-state index is 11.3. The van der Waals surface area contributed by atoms with Crippen LogP contribution >= 0.6 is 0 Å². The number of carbonyl (C=O) groups excluding carboxylic acids is 1. The maximum absolute atomic E-state index is 11.3. The number of hydrogen-bond acceptors (Lipinski definition) is 3. The molecular formula is C11H19N3O2. The van der Waals surface area contributed by atoms with Crippen LogP contribution in [0.1, 0.15) is 26.5 Å². The van der Waals surface area contributed by atoms with Gasteiger partial charge in [0.1, 0.15) is 5.60 Å². The van der Waals surface area contributed by atoms with Gasteiger partial charge in [0.05, 0.1) is 0 Å². The van der Waals surface area contributed by atoms with E-state index in [-0.39, 0.29) is 6.09 Å². The van der Waals surface area contributed by atoms with Gasteiger partial charge in [-0.25, -0.2) is 4.79 Å². The van der Waals surface area contributed by atoms with Crippen molar-refractivity contribution in [3.05, 3.63) is 18.0 Å². The summed E-state index contributed by atoms with van der Waals surface area (Å²) in [5, 5.41) is 6.75. The molecule has 0 aliphatic carbocycles. The Balaban J connectivity index is 2.26. The molecule has 1 aromatic heterocycles. The first kappa shape index (κ1) is 12.5. The van der Waals surface area contributed by atoms with Gasteiger partial charge in [-0.05, 0) is 26.8 Å². The van der Waals surface area contributed by atoms with Gasteiger partial charge in [0, 0.05) is 31.9 Å². The van der Waals surface area contributed by atoms with Crippen molar-refractivity contribution in [3.8, 4) is 0 Å². The van der Waals surface area contributed by atoms with E-state index in [4.69, 9.17) is 4.74 Å². The SMILES string of the molecule is Cn1nccc1CCNC(=O)OC(C)(C)C. The number of nitrogens with one attached hydrogen (secondary N) is 1. The standard InChI is InChI=1S/C11H19N3O2/c1-11(2,3)16-10(15)12-7-5-9-6-8-13-14(9)4/h6,8H,5,7H2,1-4H3,(H,12,15). The molecule has 0 atom stereocenters. The summed E-state index contributed by atoms with van der Waals surface area (Å²) in [4.78, 5) is 11.3. The molecule has 5 nitrogen and oxygen atoms in total. The van der Waals surface area contributed by atoms with Crippen molar-refractivity contribution in [2.24, 2.45) is 7.05 Å². The molecule has 1 heterocycles. The normalized spacial score (nSPS) is 11.2. The van der Waals surface area contributed by atoms with E-state index in [0.29, 0.717) is 6.54 Å². The number of amides is 1. The van der Waals surface area contributed by atoms with E-state index in [0.717, 1.165) is 12.1 Å². The van der Waals surface area contributed by atoms with Crippen molar-refractivity contribution in [3.63, 3.8) is 0 Å². The highest BCUT2D eigenvalue weighted by atomic mass is 16.6. The molecule has 0 bridgehead atoms. The van der Waals surface area contributed by atoms with Crippen LogP contribution in [0.25, 0.3) is 0 Å². The summed E-state index contributed by atoms with van der Waals surface area (Å²) >= 11 is 0. The highest BCUT2D eigenvalue weighted by molar-refractivity contribution is 5.67. The molecule has 0 saturated heterocycles. The molecule has 0 unspecified atom stereocenters. The van der Waals surface area contributed by atoms with Gasteiger partial charge in [-0.2, -0.15) is 5.10 Å². The molecular weight excluding hydrogens is 206 g/mol. The molecule has 90 valence electrons. The summed E-state index contributed by atoms with van der Waals surface area (Å²) in [6.45, 7) is 6.07. The van der Waals surface area contributed by atoms with E-state index in [1.807, 2.05) is 33.9 Å². The lowest BCUT2D eigenvalue weighted by Gasteiger charge is -2.19. The third-order valence-electron chi connectivity index (χ3n) is 1.97. The molecule has 0 aliphatic heterocycles. The number of nitrogens with zero attached hydrogens (tertiary/aromatic N) is 2. The highest BCUT2D eigenvalue weighted by Gasteiger charge is 2.15. The molecule has 1 amide bonds. The summed E-state index contributed by atoms with van der Waals surface area (Å²) in [6.07, 6.45) is 2.10. The number of hydrogen-bond donors (Lipinski definition) is 1. The Morgan fingerprint density at radius 3 is 2.75 bits per heavy atom. The number of aryl methyl sites for hydroxylation is 1. The smallest absolute Gasteiger partial charge is 0.407 e. The van der Waals surface area contributed by atoms with Gasteiger partial charge < -0.3 is 10.1 Å². The van der Waals surface area contributed by atoms with E-state index in [9.17, 15) is 4.79 Å². The van der Waals surface area contributed by atoms with Crippen molar-refractivity contribution in [1.29, 1.82) is 0 Å². The Morgan fingerprint density at radius 2 is 2.25 bits per heavy atom. The first-order chi connectivity index (χ1) is 7.38. The molecule has 0 aliphatic rings. The van der Waals surface area contributed by atoms with Crippen LogP contribution < -0.4 is 5.32 Å². The average Bonchev–Trinajstić information content (AvgIpc) is 2.48. The molecule has 1 rings (SSSR count). The van der Waals surface area contributed by atoms with Crippen LogP contribution in [0.5, 0.6) is 0 Å². The molecule has 0 spiro atoms. The van der Waals surface area contributed by atoms with Crippen LogP contribution in [0.4, 0.5) is 4.79 Å². The third-order valence-corrected chi connectivity index (χ3v) is 1.97. The second kappa shape index (κ2) is 5.01. The minimum Gasteiger partial charge on any atom is -0.444 e. The lowest BCUT2D eigenvalue weighted by atomic mass is 10.2. The highest BCUT2D eigenvalue weighted by Crippen LogP contribution is 2.06. The zero-order valence-electron chi connectivity index (χ0n) is 10.3. The van der Waals surface area contributed by atoms with Crippen LogP contribution in [0.15, 0.2) is 12.3 Å². The van der Waals surface area contributed by atoms with Crippen molar-refractivity contribution >= 4 is 6.09 Å². The summed E-state index contributed by atoms with van der Waals surface area (Å²) in [5.41, 5.74) is 0.632. The molecule has 1 aromatic rings. The lowest BCUT2D eigenvalue weighted by Crippen LogP contribution is -2.33. The number of aromatic nitrogens is 2. The van der Waals surface area contributed by atoms with Gasteiger partial charge in [-0.15, -0.1) is 0 Å². The molecule has 0 saturated carbocycles. The fourth-order valence-electron chi connectivity index (χ4n) is 1.25. The summed E-state index contributed by atoms with van der Waals surface area (Å²) in [5.74, 6) is 0. The van der Waals surface area contributed by atoms with Crippen LogP contribution in [0.2, 0.25) is 0 Å². The zero-order chi connectivity index (χ0) is 12.2. The zero-order valence-corrected chi connectivity index (χ0v) is 10.3. The Labute approximate surface area is 95.8 Å². The van der Waals surface area contributed by atoms with Crippen LogP contribution in [-0.4, -0.2) is 28.0 Å². The van der Waals surface area contributed by atoms with Crippen molar-refractivity contribution in [1.82, 2.24) is 15.1 Å². The Bertz CT molecular complexity index is 352. The largest absolute Gasteiger partial charge is 0.444 e. The molecule has 5 heteroatoms. The average molecular weight is 225 g/mol. The van der Waals surface area contributed by atoms with E-state index >= 15 is 0 Å². The van der Waals surface area contributed by atoms with Crippen LogP contribution in [-0.2, 0) is 18.2 Å². The minimum atomic E-state index is -0.448. The van der Waals surface area contributed by atoms with E-state index < -0.39 is 5.60 Å². The Hall–Kier alpha value is -1.52. The van der Waals surface area contributed by atoms with E-state index in [1.54, 1.807) is 10.9 Å². The molecule has 16 heavy (non-hydrogen) atoms. The van der Waals surface area contributed by atoms with Gasteiger partial charge >= 0.3 is 6.09 Å². The monoisotopic (exact) mass is 225 g/mol. The fourth-order valence-corrected chi connectivity index (χ4v) is 1.25. The summed E-state index contributed by atoms with van der Waals surface area (Å²) in [6, 6.07) is 1.93. The fraction of sp³-hybridized carbons (Fsp3) is 0.636. The molecule has 0 fully saturated rings. The van der Waals surface area contributed by atoms with Gasteiger partial charge in [-0.3, -0.25) is 4.68 Å². The predicted octanol–water partition coefficient (Wildman–Crippen LogP) is 1.49. The lowest BCUT2D eigenvalue weighted by molar-refractivity contribution is 0.0528. The Kier molecular flexibility index (Phi) is 3.93. The predicted molar refractivity (Wildman–Crippen MR) is 61.1 cm³/mol. The van der Waals surface area contributed by atoms with Gasteiger partial charge in [-0.1, -0.05) is 0 Å². The van der Waals surface area contributed by atoms with Crippen LogP contribution in [0.3, 0.4) is 0 Å². The first-order valence-electron chi connectivity index (χ1n) is 5.32. The van der Waals surface area contributed by atoms with Gasteiger partial charge in [0.2, 0.25) is 0 Å². The topological polar surface area (TPSA) is 56.2 Å². The molecule has 1 N–H and O–H groups in total. The maximum Gasteiger partial charge on any atom is 0.407 e. The number of ether oxygens (including phenoxy) is 1. The van der Waals surface area contributed by atoms with E-state index in [1.165, 1.54) is 0 Å². The van der Waals surface area contributed by atoms with Crippen LogP contribution in [0, 0.1) is 0 Å². The quantitative estimate of drug-likeness (QED) is 0.847. The second-order valence-corrected chi connectivity index (χ2v) is 4.62. The molecule has 0 aromatic carbocycles. The number of alkyl carbamates (subject to hydrolysis) is 1.